The molecule has 0 amide bonds. The molecule has 106 valence electrons. The van der Waals surface area contributed by atoms with Gasteiger partial charge in [0.05, 0.1) is 5.69 Å². The van der Waals surface area contributed by atoms with E-state index in [1.54, 1.807) is 10.7 Å². The summed E-state index contributed by atoms with van der Waals surface area (Å²) in [6.45, 7) is 3.86. The molecule has 1 heterocycles. The summed E-state index contributed by atoms with van der Waals surface area (Å²) < 4.78 is 15.4. The van der Waals surface area contributed by atoms with Crippen LogP contribution in [-0.2, 0) is 24.7 Å². The zero-order chi connectivity index (χ0) is 14.9. The van der Waals surface area contributed by atoms with Crippen LogP contribution in [0.15, 0.2) is 22.7 Å². The smallest absolute Gasteiger partial charge is 0.141 e. The van der Waals surface area contributed by atoms with Crippen LogP contribution < -0.4 is 0 Å². The van der Waals surface area contributed by atoms with Gasteiger partial charge in [0.2, 0.25) is 0 Å². The highest BCUT2D eigenvalue weighted by molar-refractivity contribution is 9.10. The summed E-state index contributed by atoms with van der Waals surface area (Å²) in [5.74, 6) is -0.219. The molecule has 20 heavy (non-hydrogen) atoms. The molecule has 1 aromatic heterocycles. The van der Waals surface area contributed by atoms with E-state index in [1.165, 1.54) is 12.1 Å². The molecule has 0 aliphatic carbocycles. The van der Waals surface area contributed by atoms with Crippen LogP contribution in [-0.4, -0.2) is 15.6 Å². The normalized spacial score (nSPS) is 10.8. The van der Waals surface area contributed by atoms with Crippen LogP contribution in [0.1, 0.15) is 22.5 Å². The molecule has 3 nitrogen and oxygen atoms in total. The van der Waals surface area contributed by atoms with E-state index in [0.29, 0.717) is 10.9 Å². The highest BCUT2D eigenvalue weighted by Crippen LogP contribution is 2.20. The van der Waals surface area contributed by atoms with E-state index in [2.05, 4.69) is 21.0 Å². The quantitative estimate of drug-likeness (QED) is 0.857. The average molecular weight is 339 g/mol. The van der Waals surface area contributed by atoms with E-state index in [-0.39, 0.29) is 18.0 Å². The first-order chi connectivity index (χ1) is 9.38. The van der Waals surface area contributed by atoms with Gasteiger partial charge in [-0.1, -0.05) is 22.0 Å². The Kier molecular flexibility index (Phi) is 4.38. The molecule has 0 atom stereocenters. The summed E-state index contributed by atoms with van der Waals surface area (Å²) in [5.41, 5.74) is 3.68. The predicted molar refractivity (Wildman–Crippen MR) is 79.2 cm³/mol. The first-order valence-electron chi connectivity index (χ1n) is 6.33. The minimum absolute atomic E-state index is 0.0940. The third-order valence-corrected chi connectivity index (χ3v) is 4.17. The highest BCUT2D eigenvalue weighted by Gasteiger charge is 2.15. The van der Waals surface area contributed by atoms with Crippen molar-refractivity contribution in [3.8, 4) is 0 Å². The van der Waals surface area contributed by atoms with Gasteiger partial charge in [-0.05, 0) is 31.5 Å². The summed E-state index contributed by atoms with van der Waals surface area (Å²) in [4.78, 5) is 12.2. The molecule has 0 saturated heterocycles. The lowest BCUT2D eigenvalue weighted by atomic mass is 10.0. The van der Waals surface area contributed by atoms with Crippen molar-refractivity contribution in [3.05, 3.63) is 51.0 Å². The molecular formula is C15H16BrFN2O. The number of ketones is 1. The number of halogens is 2. The Morgan fingerprint density at radius 1 is 1.35 bits per heavy atom. The number of aryl methyl sites for hydroxylation is 2. The van der Waals surface area contributed by atoms with E-state index < -0.39 is 0 Å². The second kappa shape index (κ2) is 5.87. The fraction of sp³-hybridized carbons (Fsp3) is 0.333. The van der Waals surface area contributed by atoms with E-state index in [4.69, 9.17) is 0 Å². The summed E-state index contributed by atoms with van der Waals surface area (Å²) in [6.07, 6.45) is 0.643. The fourth-order valence-corrected chi connectivity index (χ4v) is 2.70. The minimum Gasteiger partial charge on any atom is -0.299 e. The molecule has 0 radical (unpaired) electrons. The van der Waals surface area contributed by atoms with Gasteiger partial charge in [0.15, 0.2) is 0 Å². The number of carbonyl (C=O) groups excluding carboxylic acids is 1. The summed E-state index contributed by atoms with van der Waals surface area (Å²) in [5, 5.41) is 4.31. The monoisotopic (exact) mass is 338 g/mol. The lowest BCUT2D eigenvalue weighted by molar-refractivity contribution is -0.117. The van der Waals surface area contributed by atoms with E-state index in [9.17, 15) is 9.18 Å². The van der Waals surface area contributed by atoms with Crippen LogP contribution >= 0.6 is 15.9 Å². The van der Waals surface area contributed by atoms with Gasteiger partial charge < -0.3 is 0 Å². The van der Waals surface area contributed by atoms with Gasteiger partial charge in [-0.25, -0.2) is 4.39 Å². The predicted octanol–water partition coefficient (Wildman–Crippen LogP) is 3.29. The molecule has 0 bridgehead atoms. The Labute approximate surface area is 125 Å². The van der Waals surface area contributed by atoms with Crippen LogP contribution in [0.3, 0.4) is 0 Å². The van der Waals surface area contributed by atoms with Crippen molar-refractivity contribution in [1.29, 1.82) is 0 Å². The Morgan fingerprint density at radius 2 is 2.05 bits per heavy atom. The summed E-state index contributed by atoms with van der Waals surface area (Å²) in [6, 6.07) is 4.39. The van der Waals surface area contributed by atoms with Gasteiger partial charge in [0, 0.05) is 35.6 Å². The van der Waals surface area contributed by atoms with Crippen LogP contribution in [0.5, 0.6) is 0 Å². The molecule has 1 aromatic carbocycles. The number of aromatic nitrogens is 2. The minimum atomic E-state index is -0.313. The van der Waals surface area contributed by atoms with Crippen LogP contribution in [0.25, 0.3) is 0 Å². The number of benzene rings is 1. The van der Waals surface area contributed by atoms with E-state index in [0.717, 1.165) is 22.5 Å². The first-order valence-corrected chi connectivity index (χ1v) is 7.12. The van der Waals surface area contributed by atoms with E-state index in [1.807, 2.05) is 20.9 Å². The second-order valence-electron chi connectivity index (χ2n) is 4.90. The van der Waals surface area contributed by atoms with Crippen LogP contribution in [0.4, 0.5) is 4.39 Å². The Morgan fingerprint density at radius 3 is 2.60 bits per heavy atom. The topological polar surface area (TPSA) is 34.9 Å². The molecule has 2 rings (SSSR count). The Hall–Kier alpha value is -1.49. The van der Waals surface area contributed by atoms with Crippen molar-refractivity contribution in [1.82, 2.24) is 9.78 Å². The SMILES string of the molecule is Cc1nn(C)c(C)c1CC(=O)Cc1ccc(F)cc1Br. The second-order valence-corrected chi connectivity index (χ2v) is 5.76. The largest absolute Gasteiger partial charge is 0.299 e. The molecule has 0 aliphatic rings. The maximum absolute atomic E-state index is 13.0. The van der Waals surface area contributed by atoms with Crippen molar-refractivity contribution >= 4 is 21.7 Å². The van der Waals surface area contributed by atoms with Gasteiger partial charge in [-0.3, -0.25) is 9.48 Å². The standard InChI is InChI=1S/C15H16BrFN2O/c1-9-14(10(2)19(3)18-9)8-13(20)6-11-4-5-12(17)7-15(11)16/h4-5,7H,6,8H2,1-3H3. The van der Waals surface area contributed by atoms with Crippen molar-refractivity contribution < 1.29 is 9.18 Å². The van der Waals surface area contributed by atoms with Crippen molar-refractivity contribution in [2.24, 2.45) is 7.05 Å². The fourth-order valence-electron chi connectivity index (χ4n) is 2.21. The summed E-state index contributed by atoms with van der Waals surface area (Å²) in [7, 11) is 1.87. The van der Waals surface area contributed by atoms with Crippen molar-refractivity contribution in [2.45, 2.75) is 26.7 Å². The maximum Gasteiger partial charge on any atom is 0.141 e. The molecule has 0 N–H and O–H groups in total. The number of nitrogens with zero attached hydrogens (tertiary/aromatic N) is 2. The molecule has 0 unspecified atom stereocenters. The van der Waals surface area contributed by atoms with Gasteiger partial charge in [0.1, 0.15) is 11.6 Å². The number of rotatable bonds is 4. The zero-order valence-corrected chi connectivity index (χ0v) is 13.3. The van der Waals surface area contributed by atoms with Crippen molar-refractivity contribution in [2.75, 3.05) is 0 Å². The van der Waals surface area contributed by atoms with Crippen molar-refractivity contribution in [3.63, 3.8) is 0 Å². The number of Topliss-reactive ketones (excluding diaryl/α,β-unsaturated/α-hetero) is 1. The Bertz CT molecular complexity index is 664. The number of hydrogen-bond acceptors (Lipinski definition) is 2. The molecular weight excluding hydrogens is 323 g/mol. The maximum atomic E-state index is 13.0. The van der Waals surface area contributed by atoms with Gasteiger partial charge in [-0.15, -0.1) is 0 Å². The van der Waals surface area contributed by atoms with Crippen LogP contribution in [0.2, 0.25) is 0 Å². The van der Waals surface area contributed by atoms with Crippen LogP contribution in [0, 0.1) is 19.7 Å². The first kappa shape index (κ1) is 14.9. The summed E-state index contributed by atoms with van der Waals surface area (Å²) >= 11 is 3.29. The molecule has 5 heteroatoms. The molecule has 0 saturated carbocycles. The third kappa shape index (κ3) is 3.15. The number of carbonyl (C=O) groups is 1. The third-order valence-electron chi connectivity index (χ3n) is 3.44. The van der Waals surface area contributed by atoms with Gasteiger partial charge in [-0.2, -0.15) is 5.10 Å². The van der Waals surface area contributed by atoms with E-state index >= 15 is 0 Å². The molecule has 2 aromatic rings. The molecule has 0 fully saturated rings. The lowest BCUT2D eigenvalue weighted by Crippen LogP contribution is -2.08. The molecule has 0 spiro atoms. The van der Waals surface area contributed by atoms with Gasteiger partial charge >= 0.3 is 0 Å². The molecule has 0 aliphatic heterocycles. The lowest BCUT2D eigenvalue weighted by Gasteiger charge is -2.05. The Balaban J connectivity index is 2.13. The zero-order valence-electron chi connectivity index (χ0n) is 11.7. The highest BCUT2D eigenvalue weighted by atomic mass is 79.9. The van der Waals surface area contributed by atoms with Gasteiger partial charge in [0.25, 0.3) is 0 Å². The number of hydrogen-bond donors (Lipinski definition) is 0. The average Bonchev–Trinajstić information content (AvgIpc) is 2.60.